The maximum absolute atomic E-state index is 11.5. The van der Waals surface area contributed by atoms with Crippen LogP contribution in [0.1, 0.15) is 27.0 Å². The lowest BCUT2D eigenvalue weighted by atomic mass is 9.86. The predicted octanol–water partition coefficient (Wildman–Crippen LogP) is 4.85. The zero-order valence-electron chi connectivity index (χ0n) is 16.1. The SMILES string of the molecule is Cc1cc2cc(C=O)ccc2c(-c2ccc3c4c(ccnc24)CCO3)c1CC=O. The highest BCUT2D eigenvalue weighted by Crippen LogP contribution is 2.42. The molecule has 0 N–H and O–H groups in total. The Labute approximate surface area is 168 Å². The molecule has 0 aliphatic carbocycles. The molecule has 1 aliphatic heterocycles. The van der Waals surface area contributed by atoms with Crippen molar-refractivity contribution in [2.45, 2.75) is 19.8 Å². The van der Waals surface area contributed by atoms with Crippen LogP contribution in [0.4, 0.5) is 0 Å². The molecule has 2 heterocycles. The fraction of sp³-hybridized carbons (Fsp3) is 0.160. The minimum absolute atomic E-state index is 0.325. The number of fused-ring (bicyclic) bond motifs is 1. The lowest BCUT2D eigenvalue weighted by molar-refractivity contribution is -0.107. The van der Waals surface area contributed by atoms with Crippen molar-refractivity contribution in [3.63, 3.8) is 0 Å². The van der Waals surface area contributed by atoms with Gasteiger partial charge in [0.25, 0.3) is 0 Å². The second kappa shape index (κ2) is 6.82. The van der Waals surface area contributed by atoms with E-state index in [2.05, 4.69) is 6.07 Å². The Morgan fingerprint density at radius 2 is 2.00 bits per heavy atom. The highest BCUT2D eigenvalue weighted by Gasteiger charge is 2.21. The van der Waals surface area contributed by atoms with E-state index >= 15 is 0 Å². The van der Waals surface area contributed by atoms with E-state index in [1.54, 1.807) is 0 Å². The number of ether oxygens (including phenoxy) is 1. The zero-order valence-corrected chi connectivity index (χ0v) is 16.1. The Morgan fingerprint density at radius 1 is 1.10 bits per heavy atom. The van der Waals surface area contributed by atoms with Crippen LogP contribution in [0.5, 0.6) is 5.75 Å². The molecular weight excluding hydrogens is 362 g/mol. The molecule has 0 atom stereocenters. The minimum Gasteiger partial charge on any atom is -0.493 e. The van der Waals surface area contributed by atoms with Crippen molar-refractivity contribution < 1.29 is 14.3 Å². The first-order valence-corrected chi connectivity index (χ1v) is 9.70. The van der Waals surface area contributed by atoms with Crippen LogP contribution >= 0.6 is 0 Å². The molecule has 5 rings (SSSR count). The molecule has 4 aromatic rings. The average molecular weight is 381 g/mol. The first kappa shape index (κ1) is 17.6. The monoisotopic (exact) mass is 381 g/mol. The normalized spacial score (nSPS) is 12.7. The highest BCUT2D eigenvalue weighted by atomic mass is 16.5. The van der Waals surface area contributed by atoms with E-state index in [9.17, 15) is 9.59 Å². The van der Waals surface area contributed by atoms with Crippen LogP contribution < -0.4 is 4.74 Å². The molecule has 3 aromatic carbocycles. The average Bonchev–Trinajstić information content (AvgIpc) is 2.75. The molecule has 0 fully saturated rings. The molecule has 4 nitrogen and oxygen atoms in total. The van der Waals surface area contributed by atoms with Gasteiger partial charge in [-0.3, -0.25) is 9.78 Å². The van der Waals surface area contributed by atoms with Gasteiger partial charge in [-0.25, -0.2) is 0 Å². The number of rotatable bonds is 4. The van der Waals surface area contributed by atoms with Crippen LogP contribution in [0.2, 0.25) is 0 Å². The van der Waals surface area contributed by atoms with E-state index in [1.165, 1.54) is 5.56 Å². The van der Waals surface area contributed by atoms with Crippen LogP contribution in [0.25, 0.3) is 32.8 Å². The Bertz CT molecular complexity index is 1300. The van der Waals surface area contributed by atoms with Crippen LogP contribution in [-0.4, -0.2) is 24.2 Å². The molecule has 0 saturated heterocycles. The van der Waals surface area contributed by atoms with Gasteiger partial charge >= 0.3 is 0 Å². The summed E-state index contributed by atoms with van der Waals surface area (Å²) >= 11 is 0. The van der Waals surface area contributed by atoms with Crippen LogP contribution in [0, 0.1) is 6.92 Å². The molecule has 142 valence electrons. The Kier molecular flexibility index (Phi) is 4.13. The van der Waals surface area contributed by atoms with Gasteiger partial charge in [0, 0.05) is 35.6 Å². The second-order valence-corrected chi connectivity index (χ2v) is 7.42. The number of nitrogens with zero attached hydrogens (tertiary/aromatic N) is 1. The lowest BCUT2D eigenvalue weighted by Gasteiger charge is -2.21. The summed E-state index contributed by atoms with van der Waals surface area (Å²) in [4.78, 5) is 27.5. The summed E-state index contributed by atoms with van der Waals surface area (Å²) in [5.41, 5.74) is 6.76. The van der Waals surface area contributed by atoms with Gasteiger partial charge in [-0.05, 0) is 64.2 Å². The maximum Gasteiger partial charge on any atom is 0.150 e. The number of aromatic nitrogens is 1. The summed E-state index contributed by atoms with van der Waals surface area (Å²) in [5, 5.41) is 3.04. The van der Waals surface area contributed by atoms with Gasteiger partial charge in [-0.1, -0.05) is 18.2 Å². The number of hydrogen-bond donors (Lipinski definition) is 0. The van der Waals surface area contributed by atoms with Crippen molar-refractivity contribution >= 4 is 34.2 Å². The summed E-state index contributed by atoms with van der Waals surface area (Å²) in [7, 11) is 0. The van der Waals surface area contributed by atoms with E-state index in [1.807, 2.05) is 49.5 Å². The lowest BCUT2D eigenvalue weighted by Crippen LogP contribution is -2.09. The number of hydrogen-bond acceptors (Lipinski definition) is 4. The van der Waals surface area contributed by atoms with Crippen LogP contribution in [0.3, 0.4) is 0 Å². The molecule has 0 spiro atoms. The molecule has 0 saturated carbocycles. The third kappa shape index (κ3) is 2.71. The first-order chi connectivity index (χ1) is 14.2. The molecule has 0 unspecified atom stereocenters. The number of pyridine rings is 1. The largest absolute Gasteiger partial charge is 0.493 e. The molecule has 29 heavy (non-hydrogen) atoms. The van der Waals surface area contributed by atoms with Crippen LogP contribution in [0.15, 0.2) is 48.7 Å². The standard InChI is InChI=1S/C25H19NO3/c1-15-12-18-13-16(14-28)2-3-20(18)24(19(15)7-10-27)21-4-5-22-23-17(8-11-29-22)6-9-26-25(21)23/h2-6,9-10,12-14H,7-8,11H2,1H3. The summed E-state index contributed by atoms with van der Waals surface area (Å²) < 4.78 is 5.87. The van der Waals surface area contributed by atoms with E-state index in [-0.39, 0.29) is 0 Å². The molecule has 0 radical (unpaired) electrons. The maximum atomic E-state index is 11.5. The van der Waals surface area contributed by atoms with Gasteiger partial charge in [0.2, 0.25) is 0 Å². The Hall–Kier alpha value is -3.53. The van der Waals surface area contributed by atoms with Gasteiger partial charge in [0.05, 0.1) is 12.1 Å². The quantitative estimate of drug-likeness (QED) is 0.474. The van der Waals surface area contributed by atoms with Gasteiger partial charge in [0.15, 0.2) is 0 Å². The zero-order chi connectivity index (χ0) is 20.0. The van der Waals surface area contributed by atoms with Crippen molar-refractivity contribution in [3.05, 3.63) is 70.9 Å². The number of aldehydes is 2. The van der Waals surface area contributed by atoms with Gasteiger partial charge in [0.1, 0.15) is 18.3 Å². The molecule has 0 amide bonds. The minimum atomic E-state index is 0.325. The van der Waals surface area contributed by atoms with Crippen LogP contribution in [-0.2, 0) is 17.6 Å². The van der Waals surface area contributed by atoms with Gasteiger partial charge < -0.3 is 9.53 Å². The van der Waals surface area contributed by atoms with Crippen molar-refractivity contribution in [1.29, 1.82) is 0 Å². The molecule has 0 bridgehead atoms. The Morgan fingerprint density at radius 3 is 2.83 bits per heavy atom. The van der Waals surface area contributed by atoms with Gasteiger partial charge in [-0.15, -0.1) is 0 Å². The smallest absolute Gasteiger partial charge is 0.150 e. The summed E-state index contributed by atoms with van der Waals surface area (Å²) in [6, 6.07) is 13.8. The van der Waals surface area contributed by atoms with E-state index < -0.39 is 0 Å². The van der Waals surface area contributed by atoms with Gasteiger partial charge in [-0.2, -0.15) is 0 Å². The number of carbonyl (C=O) groups excluding carboxylic acids is 2. The summed E-state index contributed by atoms with van der Waals surface area (Å²) in [6.45, 7) is 2.68. The van der Waals surface area contributed by atoms with E-state index in [0.717, 1.165) is 68.7 Å². The fourth-order valence-corrected chi connectivity index (χ4v) is 4.44. The summed E-state index contributed by atoms with van der Waals surface area (Å²) in [6.07, 6.45) is 4.83. The fourth-order valence-electron chi connectivity index (χ4n) is 4.44. The first-order valence-electron chi connectivity index (χ1n) is 9.70. The topological polar surface area (TPSA) is 56.3 Å². The van der Waals surface area contributed by atoms with E-state index in [0.29, 0.717) is 18.6 Å². The third-order valence-electron chi connectivity index (χ3n) is 5.76. The number of carbonyl (C=O) groups is 2. The molecule has 1 aromatic heterocycles. The van der Waals surface area contributed by atoms with Crippen molar-refractivity contribution in [1.82, 2.24) is 4.98 Å². The third-order valence-corrected chi connectivity index (χ3v) is 5.76. The molecular formula is C25H19NO3. The predicted molar refractivity (Wildman–Crippen MR) is 114 cm³/mol. The molecule has 4 heteroatoms. The van der Waals surface area contributed by atoms with Crippen molar-refractivity contribution in [2.75, 3.05) is 6.61 Å². The number of benzene rings is 3. The second-order valence-electron chi connectivity index (χ2n) is 7.42. The summed E-state index contributed by atoms with van der Waals surface area (Å²) in [5.74, 6) is 0.857. The van der Waals surface area contributed by atoms with Crippen molar-refractivity contribution in [2.24, 2.45) is 0 Å². The Balaban J connectivity index is 1.92. The number of aryl methyl sites for hydroxylation is 1. The highest BCUT2D eigenvalue weighted by molar-refractivity contribution is 6.09. The molecule has 1 aliphatic rings. The van der Waals surface area contributed by atoms with E-state index in [4.69, 9.17) is 9.72 Å². The van der Waals surface area contributed by atoms with Crippen molar-refractivity contribution in [3.8, 4) is 16.9 Å².